The van der Waals surface area contributed by atoms with E-state index in [1.807, 2.05) is 18.2 Å². The van der Waals surface area contributed by atoms with E-state index in [0.29, 0.717) is 25.1 Å². The lowest BCUT2D eigenvalue weighted by atomic mass is 9.74. The van der Waals surface area contributed by atoms with E-state index in [4.69, 9.17) is 5.73 Å². The SMILES string of the molecule is NC(=O)C1(Cc2ccc(-c3ccncc3)cc2)CCCN(Cc2ccccc2F)C1. The maximum absolute atomic E-state index is 14.1. The molecule has 2 N–H and O–H groups in total. The van der Waals surface area contributed by atoms with Gasteiger partial charge >= 0.3 is 0 Å². The highest BCUT2D eigenvalue weighted by Crippen LogP contribution is 2.35. The summed E-state index contributed by atoms with van der Waals surface area (Å²) >= 11 is 0. The lowest BCUT2D eigenvalue weighted by molar-refractivity contribution is -0.131. The fraction of sp³-hybridized carbons (Fsp3) is 0.280. The molecule has 5 heteroatoms. The zero-order valence-corrected chi connectivity index (χ0v) is 16.9. The summed E-state index contributed by atoms with van der Waals surface area (Å²) in [5.74, 6) is -0.488. The van der Waals surface area contributed by atoms with Crippen LogP contribution in [0.4, 0.5) is 4.39 Å². The third-order valence-electron chi connectivity index (χ3n) is 6.04. The van der Waals surface area contributed by atoms with Gasteiger partial charge in [-0.15, -0.1) is 0 Å². The zero-order valence-electron chi connectivity index (χ0n) is 16.9. The molecule has 1 aliphatic heterocycles. The fourth-order valence-corrected chi connectivity index (χ4v) is 4.41. The number of hydrogen-bond acceptors (Lipinski definition) is 3. The average molecular weight is 404 g/mol. The van der Waals surface area contributed by atoms with Gasteiger partial charge in [-0.2, -0.15) is 0 Å². The molecule has 3 aromatic rings. The van der Waals surface area contributed by atoms with Crippen LogP contribution in [0, 0.1) is 11.2 Å². The standard InChI is InChI=1S/C25H26FN3O/c26-23-5-2-1-4-22(23)17-29-15-3-12-25(18-29,24(27)30)16-19-6-8-20(9-7-19)21-10-13-28-14-11-21/h1-2,4-11,13-14H,3,12,15-18H2,(H2,27,30). The zero-order chi connectivity index (χ0) is 21.0. The molecule has 154 valence electrons. The van der Waals surface area contributed by atoms with Crippen molar-refractivity contribution in [3.63, 3.8) is 0 Å². The Labute approximate surface area is 176 Å². The van der Waals surface area contributed by atoms with E-state index in [2.05, 4.69) is 34.1 Å². The maximum Gasteiger partial charge on any atom is 0.225 e. The summed E-state index contributed by atoms with van der Waals surface area (Å²) in [5, 5.41) is 0. The van der Waals surface area contributed by atoms with Crippen LogP contribution in [-0.4, -0.2) is 28.9 Å². The quantitative estimate of drug-likeness (QED) is 0.671. The normalized spacial score (nSPS) is 19.5. The van der Waals surface area contributed by atoms with Gasteiger partial charge in [0.25, 0.3) is 0 Å². The molecule has 0 bridgehead atoms. The fourth-order valence-electron chi connectivity index (χ4n) is 4.41. The molecule has 0 radical (unpaired) electrons. The van der Waals surface area contributed by atoms with Crippen molar-refractivity contribution in [2.75, 3.05) is 13.1 Å². The average Bonchev–Trinajstić information content (AvgIpc) is 2.77. The second-order valence-electron chi connectivity index (χ2n) is 8.16. The number of hydrogen-bond donors (Lipinski definition) is 1. The van der Waals surface area contributed by atoms with Crippen LogP contribution in [0.3, 0.4) is 0 Å². The molecule has 4 nitrogen and oxygen atoms in total. The molecule has 1 saturated heterocycles. The van der Waals surface area contributed by atoms with Crippen molar-refractivity contribution in [3.05, 3.63) is 90.0 Å². The molecule has 1 unspecified atom stereocenters. The van der Waals surface area contributed by atoms with Gasteiger partial charge < -0.3 is 5.73 Å². The predicted molar refractivity (Wildman–Crippen MR) is 116 cm³/mol. The van der Waals surface area contributed by atoms with E-state index in [1.54, 1.807) is 24.5 Å². The van der Waals surface area contributed by atoms with Gasteiger partial charge in [0.2, 0.25) is 5.91 Å². The lowest BCUT2D eigenvalue weighted by Crippen LogP contribution is -2.51. The molecule has 2 heterocycles. The van der Waals surface area contributed by atoms with Crippen molar-refractivity contribution in [1.29, 1.82) is 0 Å². The van der Waals surface area contributed by atoms with Crippen LogP contribution in [0.15, 0.2) is 73.1 Å². The number of aromatic nitrogens is 1. The van der Waals surface area contributed by atoms with E-state index in [1.165, 1.54) is 6.07 Å². The number of nitrogens with two attached hydrogens (primary N) is 1. The van der Waals surface area contributed by atoms with E-state index >= 15 is 0 Å². The summed E-state index contributed by atoms with van der Waals surface area (Å²) in [6.45, 7) is 1.87. The van der Waals surface area contributed by atoms with Crippen molar-refractivity contribution in [3.8, 4) is 11.1 Å². The van der Waals surface area contributed by atoms with E-state index in [9.17, 15) is 9.18 Å². The predicted octanol–water partition coefficient (Wildman–Crippen LogP) is 4.20. The van der Waals surface area contributed by atoms with Gasteiger partial charge in [-0.3, -0.25) is 14.7 Å². The number of benzene rings is 2. The van der Waals surface area contributed by atoms with E-state index < -0.39 is 5.41 Å². The molecule has 1 aromatic heterocycles. The molecule has 1 atom stereocenters. The molecule has 1 aliphatic rings. The van der Waals surface area contributed by atoms with Gasteiger partial charge in [-0.25, -0.2) is 4.39 Å². The van der Waals surface area contributed by atoms with Crippen LogP contribution in [-0.2, 0) is 17.8 Å². The highest BCUT2D eigenvalue weighted by atomic mass is 19.1. The van der Waals surface area contributed by atoms with Crippen LogP contribution < -0.4 is 5.73 Å². The van der Waals surface area contributed by atoms with Crippen molar-refractivity contribution in [2.45, 2.75) is 25.8 Å². The Bertz CT molecular complexity index is 1010. The molecule has 1 amide bonds. The van der Waals surface area contributed by atoms with Crippen molar-refractivity contribution in [1.82, 2.24) is 9.88 Å². The Morgan fingerprint density at radius 2 is 1.73 bits per heavy atom. The molecule has 0 aliphatic carbocycles. The number of rotatable bonds is 6. The number of pyridine rings is 1. The van der Waals surface area contributed by atoms with Crippen molar-refractivity contribution < 1.29 is 9.18 Å². The topological polar surface area (TPSA) is 59.2 Å². The molecular formula is C25H26FN3O. The monoisotopic (exact) mass is 403 g/mol. The van der Waals surface area contributed by atoms with Gasteiger partial charge in [0.05, 0.1) is 5.41 Å². The Balaban J connectivity index is 1.51. The van der Waals surface area contributed by atoms with Crippen LogP contribution in [0.1, 0.15) is 24.0 Å². The number of carbonyl (C=O) groups is 1. The van der Waals surface area contributed by atoms with Crippen LogP contribution >= 0.6 is 0 Å². The Morgan fingerprint density at radius 1 is 1.03 bits per heavy atom. The molecule has 0 saturated carbocycles. The number of amides is 1. The third-order valence-corrected chi connectivity index (χ3v) is 6.04. The Kier molecular flexibility index (Phi) is 5.91. The lowest BCUT2D eigenvalue weighted by Gasteiger charge is -2.41. The molecule has 4 rings (SSSR count). The van der Waals surface area contributed by atoms with Gasteiger partial charge in [0, 0.05) is 31.0 Å². The number of piperidine rings is 1. The minimum Gasteiger partial charge on any atom is -0.369 e. The number of halogens is 1. The smallest absolute Gasteiger partial charge is 0.225 e. The molecule has 2 aromatic carbocycles. The van der Waals surface area contributed by atoms with Gasteiger partial charge in [-0.1, -0.05) is 42.5 Å². The minimum absolute atomic E-state index is 0.209. The summed E-state index contributed by atoms with van der Waals surface area (Å²) in [7, 11) is 0. The van der Waals surface area contributed by atoms with Crippen LogP contribution in [0.5, 0.6) is 0 Å². The Morgan fingerprint density at radius 3 is 2.43 bits per heavy atom. The molecule has 30 heavy (non-hydrogen) atoms. The van der Waals surface area contributed by atoms with Crippen LogP contribution in [0.25, 0.3) is 11.1 Å². The molecule has 0 spiro atoms. The number of carbonyl (C=O) groups excluding carboxylic acids is 1. The summed E-state index contributed by atoms with van der Waals surface area (Å²) in [4.78, 5) is 18.8. The van der Waals surface area contributed by atoms with E-state index in [-0.39, 0.29) is 11.7 Å². The maximum atomic E-state index is 14.1. The van der Waals surface area contributed by atoms with E-state index in [0.717, 1.165) is 36.1 Å². The summed E-state index contributed by atoms with van der Waals surface area (Å²) < 4.78 is 14.1. The summed E-state index contributed by atoms with van der Waals surface area (Å²) in [6.07, 6.45) is 5.76. The molecule has 1 fully saturated rings. The number of nitrogens with zero attached hydrogens (tertiary/aromatic N) is 2. The van der Waals surface area contributed by atoms with Gasteiger partial charge in [0.1, 0.15) is 5.82 Å². The number of likely N-dealkylation sites (tertiary alicyclic amines) is 1. The first-order valence-electron chi connectivity index (χ1n) is 10.3. The Hall–Kier alpha value is -3.05. The first-order valence-corrected chi connectivity index (χ1v) is 10.3. The number of primary amides is 1. The van der Waals surface area contributed by atoms with Crippen molar-refractivity contribution >= 4 is 5.91 Å². The second-order valence-corrected chi connectivity index (χ2v) is 8.16. The largest absolute Gasteiger partial charge is 0.369 e. The third kappa shape index (κ3) is 4.41. The van der Waals surface area contributed by atoms with Gasteiger partial charge in [0.15, 0.2) is 0 Å². The van der Waals surface area contributed by atoms with Crippen LogP contribution in [0.2, 0.25) is 0 Å². The second kappa shape index (κ2) is 8.76. The first-order chi connectivity index (χ1) is 14.6. The summed E-state index contributed by atoms with van der Waals surface area (Å²) in [5.41, 5.74) is 9.22. The summed E-state index contributed by atoms with van der Waals surface area (Å²) in [6, 6.07) is 19.0. The first kappa shape index (κ1) is 20.2. The van der Waals surface area contributed by atoms with Crippen molar-refractivity contribution in [2.24, 2.45) is 11.1 Å². The minimum atomic E-state index is -0.637. The highest BCUT2D eigenvalue weighted by Gasteiger charge is 2.40. The van der Waals surface area contributed by atoms with Gasteiger partial charge in [-0.05, 0) is 60.7 Å². The highest BCUT2D eigenvalue weighted by molar-refractivity contribution is 5.81. The molecular weight excluding hydrogens is 377 g/mol.